The van der Waals surface area contributed by atoms with E-state index < -0.39 is 143 Å². The SMILES string of the molecule is C/C=C/C[C@@H](C)[C@@H](OC(C)=O)[C@@H](C(=O)N[C@@H](CC)C(=O)N(C)CCO)N(C)C(=O)[C@H](C(C)C)N(C)C(=O)[C@H](CC(C)C)N(C)C(=O)[C@H](CC(C)C)N(C)C(=O)[C@@H](C)NC(=O)[C@H](C)NC(=O)[C@@H](CC(C)C)N(C)C(=O)[C@@H](NC(=O)OCC1c2ccccc2-c2ccccc21)C(C)C. The van der Waals surface area contributed by atoms with E-state index in [1.807, 2.05) is 103 Å². The Bertz CT molecular complexity index is 2980. The van der Waals surface area contributed by atoms with Crippen molar-refractivity contribution in [2.45, 2.75) is 209 Å². The second kappa shape index (κ2) is 38.2. The zero-order valence-corrected chi connectivity index (χ0v) is 61.2. The number of ether oxygens (including phenoxy) is 2. The van der Waals surface area contributed by atoms with Crippen molar-refractivity contribution in [1.29, 1.82) is 0 Å². The van der Waals surface area contributed by atoms with Crippen molar-refractivity contribution in [3.05, 3.63) is 71.8 Å². The van der Waals surface area contributed by atoms with E-state index in [0.717, 1.165) is 27.2 Å². The lowest BCUT2D eigenvalue weighted by Gasteiger charge is -2.42. The molecule has 0 aliphatic heterocycles. The van der Waals surface area contributed by atoms with Gasteiger partial charge in [-0.15, -0.1) is 0 Å². The quantitative estimate of drug-likeness (QED) is 0.0366. The summed E-state index contributed by atoms with van der Waals surface area (Å²) >= 11 is 0. The van der Waals surface area contributed by atoms with Gasteiger partial charge in [-0.1, -0.05) is 144 Å². The Labute approximate surface area is 570 Å². The highest BCUT2D eigenvalue weighted by Gasteiger charge is 2.47. The lowest BCUT2D eigenvalue weighted by molar-refractivity contribution is -0.164. The first-order valence-electron chi connectivity index (χ1n) is 33.9. The molecule has 0 bridgehead atoms. The van der Waals surface area contributed by atoms with Crippen LogP contribution in [0.3, 0.4) is 0 Å². The van der Waals surface area contributed by atoms with Gasteiger partial charge in [0, 0.05) is 61.7 Å². The highest BCUT2D eigenvalue weighted by molar-refractivity contribution is 5.99. The minimum absolute atomic E-state index is 0.00211. The summed E-state index contributed by atoms with van der Waals surface area (Å²) in [5, 5.41) is 20.5. The minimum Gasteiger partial charge on any atom is -0.459 e. The van der Waals surface area contributed by atoms with E-state index >= 15 is 14.4 Å². The van der Waals surface area contributed by atoms with Crippen molar-refractivity contribution in [1.82, 2.24) is 50.7 Å². The third kappa shape index (κ3) is 22.1. The zero-order chi connectivity index (χ0) is 72.9. The molecule has 10 amide bonds. The lowest BCUT2D eigenvalue weighted by Crippen LogP contribution is -2.64. The normalized spacial score (nSPS) is 15.5. The predicted octanol–water partition coefficient (Wildman–Crippen LogP) is 6.37. The van der Waals surface area contributed by atoms with E-state index in [1.165, 1.54) is 87.6 Å². The van der Waals surface area contributed by atoms with E-state index in [4.69, 9.17) is 9.47 Å². The number of nitrogens with one attached hydrogen (secondary N) is 4. The molecule has 0 spiro atoms. The van der Waals surface area contributed by atoms with Crippen LogP contribution in [-0.2, 0) is 57.4 Å². The summed E-state index contributed by atoms with van der Waals surface area (Å²) in [6.07, 6.45) is 2.53. The lowest BCUT2D eigenvalue weighted by atomic mass is 9.91. The number of hydrogen-bond donors (Lipinski definition) is 5. The third-order valence-corrected chi connectivity index (χ3v) is 17.9. The van der Waals surface area contributed by atoms with Gasteiger partial charge in [0.15, 0.2) is 0 Å². The number of rotatable bonds is 36. The molecule has 0 aromatic heterocycles. The van der Waals surface area contributed by atoms with Crippen LogP contribution in [0.2, 0.25) is 0 Å². The van der Waals surface area contributed by atoms with Crippen LogP contribution in [-0.4, -0.2) is 222 Å². The van der Waals surface area contributed by atoms with E-state index in [0.29, 0.717) is 6.42 Å². The average molecular weight is 1340 g/mol. The van der Waals surface area contributed by atoms with Gasteiger partial charge in [-0.2, -0.15) is 0 Å². The number of carbonyl (C=O) groups is 11. The molecular formula is C72H114N10O14. The van der Waals surface area contributed by atoms with Gasteiger partial charge in [-0.25, -0.2) is 4.79 Å². The Morgan fingerprint density at radius 3 is 1.47 bits per heavy atom. The molecule has 1 aliphatic rings. The van der Waals surface area contributed by atoms with Gasteiger partial charge >= 0.3 is 12.1 Å². The molecule has 0 saturated carbocycles. The molecule has 1 aliphatic carbocycles. The van der Waals surface area contributed by atoms with Gasteiger partial charge < -0.3 is 65.2 Å². The molecule has 2 aromatic rings. The molecule has 11 atom stereocenters. The highest BCUT2D eigenvalue weighted by atomic mass is 16.6. The van der Waals surface area contributed by atoms with Crippen LogP contribution in [0.4, 0.5) is 4.79 Å². The van der Waals surface area contributed by atoms with Crippen molar-refractivity contribution in [3.8, 4) is 11.1 Å². The van der Waals surface area contributed by atoms with Gasteiger partial charge in [0.1, 0.15) is 67.1 Å². The van der Waals surface area contributed by atoms with Crippen molar-refractivity contribution in [2.24, 2.45) is 35.5 Å². The summed E-state index contributed by atoms with van der Waals surface area (Å²) in [6.45, 7) is 27.3. The van der Waals surface area contributed by atoms with Gasteiger partial charge in [0.25, 0.3) is 0 Å². The number of carbonyl (C=O) groups excluding carboxylic acids is 11. The Morgan fingerprint density at radius 2 is 1.00 bits per heavy atom. The number of aliphatic hydroxyl groups excluding tert-OH is 1. The first-order chi connectivity index (χ1) is 44.9. The molecule has 96 heavy (non-hydrogen) atoms. The van der Waals surface area contributed by atoms with Crippen molar-refractivity contribution >= 4 is 65.2 Å². The van der Waals surface area contributed by atoms with Crippen LogP contribution in [0.5, 0.6) is 0 Å². The maximum absolute atomic E-state index is 15.2. The molecule has 3 rings (SSSR count). The van der Waals surface area contributed by atoms with Gasteiger partial charge in [-0.3, -0.25) is 47.9 Å². The number of allylic oxidation sites excluding steroid dienone is 2. The van der Waals surface area contributed by atoms with Gasteiger partial charge in [0.2, 0.25) is 53.2 Å². The largest absolute Gasteiger partial charge is 0.459 e. The Hall–Kier alpha value is -7.89. The maximum Gasteiger partial charge on any atom is 0.407 e. The molecule has 24 nitrogen and oxygen atoms in total. The van der Waals surface area contributed by atoms with Crippen molar-refractivity contribution in [3.63, 3.8) is 0 Å². The average Bonchev–Trinajstić information content (AvgIpc) is 1.59. The molecule has 0 radical (unpaired) electrons. The predicted molar refractivity (Wildman–Crippen MR) is 369 cm³/mol. The first-order valence-corrected chi connectivity index (χ1v) is 33.9. The third-order valence-electron chi connectivity index (χ3n) is 17.9. The van der Waals surface area contributed by atoms with Crippen LogP contribution in [0.25, 0.3) is 11.1 Å². The summed E-state index contributed by atoms with van der Waals surface area (Å²) in [7, 11) is 8.66. The molecule has 536 valence electrons. The molecule has 0 saturated heterocycles. The van der Waals surface area contributed by atoms with E-state index in [2.05, 4.69) is 21.3 Å². The monoisotopic (exact) mass is 1340 g/mol. The van der Waals surface area contributed by atoms with Crippen LogP contribution in [0.1, 0.15) is 160 Å². The Kier molecular flexibility index (Phi) is 32.7. The number of nitrogens with zero attached hydrogens (tertiary/aromatic N) is 6. The fraction of sp³-hybridized carbons (Fsp3) is 0.653. The molecule has 2 aromatic carbocycles. The summed E-state index contributed by atoms with van der Waals surface area (Å²) in [4.78, 5) is 165. The highest BCUT2D eigenvalue weighted by Crippen LogP contribution is 2.44. The fourth-order valence-corrected chi connectivity index (χ4v) is 12.4. The zero-order valence-electron chi connectivity index (χ0n) is 61.2. The first kappa shape index (κ1) is 82.3. The summed E-state index contributed by atoms with van der Waals surface area (Å²) in [5.41, 5.74) is 4.18. The minimum atomic E-state index is -1.52. The number of benzene rings is 2. The van der Waals surface area contributed by atoms with E-state index in [-0.39, 0.29) is 69.1 Å². The molecule has 0 fully saturated rings. The topological polar surface area (TPSA) is 294 Å². The number of hydrogen-bond acceptors (Lipinski definition) is 14. The van der Waals surface area contributed by atoms with Gasteiger partial charge in [-0.05, 0) is 111 Å². The molecule has 0 unspecified atom stereocenters. The van der Waals surface area contributed by atoms with Crippen molar-refractivity contribution < 1.29 is 67.3 Å². The van der Waals surface area contributed by atoms with E-state index in [9.17, 15) is 43.5 Å². The number of esters is 1. The van der Waals surface area contributed by atoms with Crippen LogP contribution in [0.15, 0.2) is 60.7 Å². The molecule has 0 heterocycles. The van der Waals surface area contributed by atoms with Crippen LogP contribution in [0, 0.1) is 35.5 Å². The number of fused-ring (bicyclic) bond motifs is 3. The second-order valence-corrected chi connectivity index (χ2v) is 27.8. The van der Waals surface area contributed by atoms with Gasteiger partial charge in [0.05, 0.1) is 6.61 Å². The Balaban J connectivity index is 1.87. The standard InChI is InChI=1S/C72H114N10O14/c1-23-25-30-46(13)62(96-49(16)84)61(65(87)75-55(24-2)67(89)77(17)35-36-83)82(22)71(93)60(45(11)12)81(21)69(91)58(39-43(7)8)80(20)68(90)57(38-42(5)6)79(19)66(88)48(15)74-63(85)47(14)73-64(86)56(37-41(3)4)78(18)70(92)59(44(9)10)76-72(94)95-40-54-52-33-28-26-31-50(52)51-32-27-29-34-53(51)54/h23,25-29,31-34,41-48,54-62,83H,24,30,35-40H2,1-22H3,(H,73,86)(H,74,85)(H,75,87)(H,76,94)/b25-23+/t46-,47+,48-,55+,56-,57+,58+,59+,60+,61+,62-/m1/s1. The molecular weight excluding hydrogens is 1230 g/mol. The van der Waals surface area contributed by atoms with Crippen molar-refractivity contribution in [2.75, 3.05) is 62.0 Å². The Morgan fingerprint density at radius 1 is 0.531 bits per heavy atom. The summed E-state index contributed by atoms with van der Waals surface area (Å²) in [6, 6.07) is 5.01. The smallest absolute Gasteiger partial charge is 0.407 e. The number of aliphatic hydroxyl groups is 1. The summed E-state index contributed by atoms with van der Waals surface area (Å²) in [5.74, 6) is -8.74. The van der Waals surface area contributed by atoms with Crippen LogP contribution < -0.4 is 21.3 Å². The number of amides is 10. The maximum atomic E-state index is 15.2. The molecule has 5 N–H and O–H groups in total. The molecule has 24 heteroatoms. The fourth-order valence-electron chi connectivity index (χ4n) is 12.4. The van der Waals surface area contributed by atoms with E-state index in [1.54, 1.807) is 47.6 Å². The second-order valence-electron chi connectivity index (χ2n) is 27.8. The summed E-state index contributed by atoms with van der Waals surface area (Å²) < 4.78 is 11.7. The van der Waals surface area contributed by atoms with Crippen LogP contribution >= 0.6 is 0 Å². The number of likely N-dealkylation sites (N-methyl/N-ethyl adjacent to an activating group) is 6. The number of alkyl carbamates (subject to hydrolysis) is 1.